The molecule has 1 aliphatic rings. The first-order chi connectivity index (χ1) is 15.7. The van der Waals surface area contributed by atoms with Crippen LogP contribution in [-0.4, -0.2) is 41.1 Å². The molecule has 1 unspecified atom stereocenters. The lowest BCUT2D eigenvalue weighted by Crippen LogP contribution is -2.41. The highest BCUT2D eigenvalue weighted by molar-refractivity contribution is 7.10. The van der Waals surface area contributed by atoms with Gasteiger partial charge < -0.3 is 14.4 Å². The summed E-state index contributed by atoms with van der Waals surface area (Å²) in [6.07, 6.45) is 4.07. The fourth-order valence-electron chi connectivity index (χ4n) is 4.31. The van der Waals surface area contributed by atoms with E-state index in [1.165, 1.54) is 5.56 Å². The molecule has 162 valence electrons. The van der Waals surface area contributed by atoms with Crippen LogP contribution in [0.1, 0.15) is 32.5 Å². The largest absolute Gasteiger partial charge is 0.493 e. The Balaban J connectivity index is 1.60. The van der Waals surface area contributed by atoms with Crippen molar-refractivity contribution in [3.63, 3.8) is 0 Å². The Bertz CT molecular complexity index is 1230. The van der Waals surface area contributed by atoms with Crippen LogP contribution in [0.25, 0.3) is 5.69 Å². The van der Waals surface area contributed by atoms with Crippen LogP contribution < -0.4 is 9.47 Å². The van der Waals surface area contributed by atoms with Crippen molar-refractivity contribution in [2.45, 2.75) is 12.5 Å². The lowest BCUT2D eigenvalue weighted by atomic mass is 9.90. The third-order valence-electron chi connectivity index (χ3n) is 5.84. The van der Waals surface area contributed by atoms with Gasteiger partial charge in [-0.25, -0.2) is 4.98 Å². The monoisotopic (exact) mass is 445 g/mol. The maximum atomic E-state index is 13.9. The Morgan fingerprint density at radius 2 is 1.84 bits per heavy atom. The average Bonchev–Trinajstić information content (AvgIpc) is 3.55. The molecule has 6 nitrogen and oxygen atoms in total. The van der Waals surface area contributed by atoms with E-state index in [9.17, 15) is 4.79 Å². The van der Waals surface area contributed by atoms with Crippen LogP contribution in [0.4, 0.5) is 0 Å². The first kappa shape index (κ1) is 20.3. The van der Waals surface area contributed by atoms with Crippen LogP contribution in [0.3, 0.4) is 0 Å². The van der Waals surface area contributed by atoms with Gasteiger partial charge in [0.1, 0.15) is 5.69 Å². The van der Waals surface area contributed by atoms with Crippen LogP contribution in [0, 0.1) is 0 Å². The van der Waals surface area contributed by atoms with Crippen molar-refractivity contribution >= 4 is 17.2 Å². The molecule has 0 N–H and O–H groups in total. The maximum absolute atomic E-state index is 13.9. The van der Waals surface area contributed by atoms with E-state index in [2.05, 4.69) is 11.1 Å². The van der Waals surface area contributed by atoms with Crippen molar-refractivity contribution in [2.75, 3.05) is 20.8 Å². The fraction of sp³-hybridized carbons (Fsp3) is 0.200. The van der Waals surface area contributed by atoms with Crippen LogP contribution in [0.15, 0.2) is 72.5 Å². The summed E-state index contributed by atoms with van der Waals surface area (Å²) in [4.78, 5) is 21.2. The van der Waals surface area contributed by atoms with Crippen molar-refractivity contribution in [2.24, 2.45) is 0 Å². The van der Waals surface area contributed by atoms with E-state index in [1.807, 2.05) is 63.4 Å². The second kappa shape index (κ2) is 8.51. The van der Waals surface area contributed by atoms with Crippen molar-refractivity contribution in [3.05, 3.63) is 94.2 Å². The molecule has 0 fully saturated rings. The summed E-state index contributed by atoms with van der Waals surface area (Å²) in [6.45, 7) is 0.601. The lowest BCUT2D eigenvalue weighted by molar-refractivity contribution is 0.0688. The Labute approximate surface area is 190 Å². The van der Waals surface area contributed by atoms with Gasteiger partial charge in [-0.2, -0.15) is 0 Å². The molecule has 1 amide bonds. The number of rotatable bonds is 5. The molecule has 3 heterocycles. The van der Waals surface area contributed by atoms with Gasteiger partial charge in [0.15, 0.2) is 11.5 Å². The summed E-state index contributed by atoms with van der Waals surface area (Å²) in [5, 5.41) is 2.04. The Kier molecular flexibility index (Phi) is 5.41. The number of hydrogen-bond donors (Lipinski definition) is 0. The van der Waals surface area contributed by atoms with Gasteiger partial charge in [0.05, 0.1) is 32.8 Å². The van der Waals surface area contributed by atoms with E-state index in [0.29, 0.717) is 23.7 Å². The Hall–Kier alpha value is -3.58. The molecule has 1 aliphatic heterocycles. The minimum absolute atomic E-state index is 0.0508. The third kappa shape index (κ3) is 3.44. The summed E-state index contributed by atoms with van der Waals surface area (Å²) < 4.78 is 12.9. The summed E-state index contributed by atoms with van der Waals surface area (Å²) in [6, 6.07) is 17.7. The van der Waals surface area contributed by atoms with Crippen molar-refractivity contribution in [1.82, 2.24) is 14.5 Å². The first-order valence-corrected chi connectivity index (χ1v) is 11.3. The molecule has 7 heteroatoms. The number of para-hydroxylation sites is 1. The molecule has 0 saturated heterocycles. The minimum Gasteiger partial charge on any atom is -0.493 e. The van der Waals surface area contributed by atoms with E-state index in [4.69, 9.17) is 9.47 Å². The van der Waals surface area contributed by atoms with Crippen molar-refractivity contribution < 1.29 is 14.3 Å². The zero-order valence-corrected chi connectivity index (χ0v) is 18.7. The number of fused-ring (bicyclic) bond motifs is 1. The molecule has 32 heavy (non-hydrogen) atoms. The molecule has 0 aliphatic carbocycles. The number of carbonyl (C=O) groups excluding carboxylic acids is 1. The normalized spacial score (nSPS) is 15.3. The van der Waals surface area contributed by atoms with Crippen LogP contribution in [-0.2, 0) is 6.42 Å². The molecule has 0 saturated carbocycles. The summed E-state index contributed by atoms with van der Waals surface area (Å²) in [7, 11) is 3.28. The number of methoxy groups -OCH3 is 2. The first-order valence-electron chi connectivity index (χ1n) is 10.4. The standard InChI is InChI=1S/C25H23N3O3S/c1-30-21-13-17-10-11-27(24(23-9-6-12-32-23)19(17)14-22(21)31-2)25(29)20-15-26-16-28(20)18-7-4-3-5-8-18/h3-9,12-16,24H,10-11H2,1-2H3. The van der Waals surface area contributed by atoms with E-state index in [0.717, 1.165) is 22.5 Å². The van der Waals surface area contributed by atoms with Crippen molar-refractivity contribution in [3.8, 4) is 17.2 Å². The van der Waals surface area contributed by atoms with Crippen molar-refractivity contribution in [1.29, 1.82) is 0 Å². The molecule has 2 aromatic heterocycles. The van der Waals surface area contributed by atoms with Gasteiger partial charge in [-0.1, -0.05) is 24.3 Å². The smallest absolute Gasteiger partial charge is 0.273 e. The molecule has 4 aromatic rings. The number of thiophene rings is 1. The van der Waals surface area contributed by atoms with Crippen LogP contribution in [0.5, 0.6) is 11.5 Å². The van der Waals surface area contributed by atoms with Gasteiger partial charge in [0, 0.05) is 17.1 Å². The van der Waals surface area contributed by atoms with E-state index in [-0.39, 0.29) is 11.9 Å². The van der Waals surface area contributed by atoms with Gasteiger partial charge in [-0.3, -0.25) is 9.36 Å². The molecule has 0 radical (unpaired) electrons. The topological polar surface area (TPSA) is 56.6 Å². The second-order valence-corrected chi connectivity index (χ2v) is 8.54. The zero-order chi connectivity index (χ0) is 22.1. The maximum Gasteiger partial charge on any atom is 0.273 e. The number of amides is 1. The van der Waals surface area contributed by atoms with Crippen LogP contribution in [0.2, 0.25) is 0 Å². The number of imidazole rings is 1. The summed E-state index contributed by atoms with van der Waals surface area (Å²) in [5.41, 5.74) is 3.68. The van der Waals surface area contributed by atoms with E-state index in [1.54, 1.807) is 38.1 Å². The third-order valence-corrected chi connectivity index (χ3v) is 6.76. The molecule has 0 bridgehead atoms. The summed E-state index contributed by atoms with van der Waals surface area (Å²) >= 11 is 1.65. The molecule has 1 atom stereocenters. The molecule has 0 spiro atoms. The highest BCUT2D eigenvalue weighted by atomic mass is 32.1. The summed E-state index contributed by atoms with van der Waals surface area (Å²) in [5.74, 6) is 1.32. The van der Waals surface area contributed by atoms with E-state index >= 15 is 0 Å². The van der Waals surface area contributed by atoms with Gasteiger partial charge in [0.25, 0.3) is 5.91 Å². The number of hydrogen-bond acceptors (Lipinski definition) is 5. The Morgan fingerprint density at radius 1 is 1.06 bits per heavy atom. The molecule has 5 rings (SSSR count). The van der Waals surface area contributed by atoms with Gasteiger partial charge in [-0.05, 0) is 53.3 Å². The predicted octanol–water partition coefficient (Wildman–Crippen LogP) is 4.74. The molecular formula is C25H23N3O3S. The second-order valence-electron chi connectivity index (χ2n) is 7.56. The lowest BCUT2D eigenvalue weighted by Gasteiger charge is -2.37. The molecule has 2 aromatic carbocycles. The minimum atomic E-state index is -0.204. The highest BCUT2D eigenvalue weighted by Gasteiger charge is 2.35. The zero-order valence-electron chi connectivity index (χ0n) is 17.9. The number of ether oxygens (including phenoxy) is 2. The van der Waals surface area contributed by atoms with Gasteiger partial charge in [0.2, 0.25) is 0 Å². The SMILES string of the molecule is COc1cc2c(cc1OC)C(c1cccs1)N(C(=O)c1cncn1-c1ccccc1)CC2. The Morgan fingerprint density at radius 3 is 2.56 bits per heavy atom. The quantitative estimate of drug-likeness (QED) is 0.445. The average molecular weight is 446 g/mol. The van der Waals surface area contributed by atoms with Gasteiger partial charge in [-0.15, -0.1) is 11.3 Å². The molecular weight excluding hydrogens is 422 g/mol. The van der Waals surface area contributed by atoms with E-state index < -0.39 is 0 Å². The van der Waals surface area contributed by atoms with Crippen LogP contribution >= 0.6 is 11.3 Å². The fourth-order valence-corrected chi connectivity index (χ4v) is 5.17. The number of benzene rings is 2. The number of nitrogens with zero attached hydrogens (tertiary/aromatic N) is 3. The predicted molar refractivity (Wildman–Crippen MR) is 124 cm³/mol. The highest BCUT2D eigenvalue weighted by Crippen LogP contribution is 2.42. The van der Waals surface area contributed by atoms with Gasteiger partial charge >= 0.3 is 0 Å². The number of aromatic nitrogens is 2. The number of carbonyl (C=O) groups is 1.